The van der Waals surface area contributed by atoms with Crippen molar-refractivity contribution in [2.24, 2.45) is 5.92 Å². The third kappa shape index (κ3) is 5.13. The van der Waals surface area contributed by atoms with Gasteiger partial charge in [0.15, 0.2) is 0 Å². The number of rotatable bonds is 6. The van der Waals surface area contributed by atoms with Crippen LogP contribution in [0.4, 0.5) is 11.4 Å². The Morgan fingerprint density at radius 2 is 1.91 bits per heavy atom. The van der Waals surface area contributed by atoms with E-state index in [0.29, 0.717) is 23.0 Å². The summed E-state index contributed by atoms with van der Waals surface area (Å²) in [7, 11) is 3.72. The normalized spacial score (nSPS) is 14.6. The highest BCUT2D eigenvalue weighted by Gasteiger charge is 2.19. The summed E-state index contributed by atoms with van der Waals surface area (Å²) in [6.07, 6.45) is 5.18. The quantitative estimate of drug-likeness (QED) is 0.838. The van der Waals surface area contributed by atoms with Crippen LogP contribution in [0.25, 0.3) is 0 Å². The molecule has 0 spiro atoms. The van der Waals surface area contributed by atoms with Crippen LogP contribution in [0.15, 0.2) is 18.2 Å². The zero-order chi connectivity index (χ0) is 16.8. The Labute approximate surface area is 142 Å². The molecule has 0 saturated heterocycles. The molecule has 23 heavy (non-hydrogen) atoms. The van der Waals surface area contributed by atoms with E-state index >= 15 is 0 Å². The maximum absolute atomic E-state index is 12.1. The topological polar surface area (TPSA) is 61.4 Å². The zero-order valence-electron chi connectivity index (χ0n) is 13.7. The van der Waals surface area contributed by atoms with E-state index in [0.717, 1.165) is 18.5 Å². The number of nitrogens with zero attached hydrogens (tertiary/aromatic N) is 1. The van der Waals surface area contributed by atoms with Crippen LogP contribution < -0.4 is 15.5 Å². The molecule has 1 aliphatic rings. The van der Waals surface area contributed by atoms with Gasteiger partial charge in [0, 0.05) is 20.5 Å². The van der Waals surface area contributed by atoms with Crippen molar-refractivity contribution in [3.05, 3.63) is 23.2 Å². The highest BCUT2D eigenvalue weighted by Crippen LogP contribution is 2.32. The molecule has 1 fully saturated rings. The molecule has 2 rings (SSSR count). The highest BCUT2D eigenvalue weighted by molar-refractivity contribution is 6.34. The molecule has 6 heteroatoms. The van der Waals surface area contributed by atoms with E-state index < -0.39 is 0 Å². The Hall–Kier alpha value is -1.75. The first-order valence-corrected chi connectivity index (χ1v) is 8.37. The van der Waals surface area contributed by atoms with E-state index in [1.54, 1.807) is 18.2 Å². The van der Waals surface area contributed by atoms with Crippen LogP contribution in [0.3, 0.4) is 0 Å². The molecule has 126 valence electrons. The van der Waals surface area contributed by atoms with Gasteiger partial charge in [-0.1, -0.05) is 30.5 Å². The molecule has 0 aromatic heterocycles. The van der Waals surface area contributed by atoms with Crippen LogP contribution in [-0.2, 0) is 9.59 Å². The second kappa shape index (κ2) is 8.20. The first kappa shape index (κ1) is 17.6. The summed E-state index contributed by atoms with van der Waals surface area (Å²) in [6.45, 7) is -0.0229. The second-order valence-electron chi connectivity index (χ2n) is 6.21. The van der Waals surface area contributed by atoms with Gasteiger partial charge in [-0.15, -0.1) is 0 Å². The van der Waals surface area contributed by atoms with Gasteiger partial charge in [-0.05, 0) is 30.9 Å². The first-order valence-electron chi connectivity index (χ1n) is 7.99. The molecule has 2 amide bonds. The van der Waals surface area contributed by atoms with Gasteiger partial charge < -0.3 is 15.5 Å². The molecule has 0 aliphatic heterocycles. The Morgan fingerprint density at radius 3 is 2.57 bits per heavy atom. The van der Waals surface area contributed by atoms with E-state index in [2.05, 4.69) is 10.6 Å². The Bertz CT molecular complexity index is 569. The van der Waals surface area contributed by atoms with E-state index in [1.807, 2.05) is 19.0 Å². The summed E-state index contributed by atoms with van der Waals surface area (Å²) >= 11 is 6.17. The van der Waals surface area contributed by atoms with E-state index in [1.165, 1.54) is 12.8 Å². The Balaban J connectivity index is 1.85. The van der Waals surface area contributed by atoms with Gasteiger partial charge in [-0.2, -0.15) is 0 Å². The van der Waals surface area contributed by atoms with Crippen LogP contribution in [0.1, 0.15) is 32.1 Å². The number of nitrogens with one attached hydrogen (secondary N) is 2. The number of hydrogen-bond donors (Lipinski definition) is 2. The predicted octanol–water partition coefficient (Wildman–Crippen LogP) is 3.04. The predicted molar refractivity (Wildman–Crippen MR) is 94.0 cm³/mol. The number of hydrogen-bond acceptors (Lipinski definition) is 3. The van der Waals surface area contributed by atoms with Crippen molar-refractivity contribution in [1.29, 1.82) is 0 Å². The van der Waals surface area contributed by atoms with E-state index in [4.69, 9.17) is 11.6 Å². The molecule has 0 atom stereocenters. The van der Waals surface area contributed by atoms with Gasteiger partial charge in [0.2, 0.25) is 11.8 Å². The molecule has 1 saturated carbocycles. The summed E-state index contributed by atoms with van der Waals surface area (Å²) in [4.78, 5) is 25.8. The molecule has 1 aliphatic carbocycles. The lowest BCUT2D eigenvalue weighted by molar-refractivity contribution is -0.124. The summed E-state index contributed by atoms with van der Waals surface area (Å²) in [5.74, 6) is 0.174. The molecule has 1 aromatic carbocycles. The van der Waals surface area contributed by atoms with Crippen LogP contribution in [0.5, 0.6) is 0 Å². The molecule has 0 unspecified atom stereocenters. The molecule has 0 radical (unpaired) electrons. The van der Waals surface area contributed by atoms with Crippen LogP contribution in [0.2, 0.25) is 5.02 Å². The molecular formula is C17H24ClN3O2. The third-order valence-electron chi connectivity index (χ3n) is 4.10. The number of anilines is 2. The number of carbonyl (C=O) groups excluding carboxylic acids is 2. The number of para-hydroxylation sites is 1. The number of halogens is 1. The summed E-state index contributed by atoms with van der Waals surface area (Å²) in [5.41, 5.74) is 1.39. The first-order chi connectivity index (χ1) is 11.0. The standard InChI is InChI=1S/C17H24ClN3O2/c1-21(2)17-13(18)8-5-9-14(17)20-16(23)11-19-15(22)10-12-6-3-4-7-12/h5,8-9,12H,3-4,6-7,10-11H2,1-2H3,(H,19,22)(H,20,23). The van der Waals surface area contributed by atoms with Crippen LogP contribution in [0, 0.1) is 5.92 Å². The summed E-state index contributed by atoms with van der Waals surface area (Å²) in [5, 5.41) is 6.06. The zero-order valence-corrected chi connectivity index (χ0v) is 14.4. The van der Waals surface area contributed by atoms with Crippen molar-refractivity contribution in [2.75, 3.05) is 30.9 Å². The van der Waals surface area contributed by atoms with Crippen LogP contribution >= 0.6 is 11.6 Å². The minimum Gasteiger partial charge on any atom is -0.375 e. The van der Waals surface area contributed by atoms with Crippen LogP contribution in [-0.4, -0.2) is 32.5 Å². The van der Waals surface area contributed by atoms with Crippen molar-refractivity contribution in [3.63, 3.8) is 0 Å². The lowest BCUT2D eigenvalue weighted by atomic mass is 10.0. The average molecular weight is 338 g/mol. The minimum atomic E-state index is -0.255. The molecule has 0 bridgehead atoms. The van der Waals surface area contributed by atoms with Crippen molar-refractivity contribution < 1.29 is 9.59 Å². The van der Waals surface area contributed by atoms with E-state index in [9.17, 15) is 9.59 Å². The van der Waals surface area contributed by atoms with Crippen molar-refractivity contribution in [1.82, 2.24) is 5.32 Å². The summed E-state index contributed by atoms with van der Waals surface area (Å²) < 4.78 is 0. The molecule has 2 N–H and O–H groups in total. The minimum absolute atomic E-state index is 0.0229. The van der Waals surface area contributed by atoms with E-state index in [-0.39, 0.29) is 18.4 Å². The fourth-order valence-electron chi connectivity index (χ4n) is 2.99. The Morgan fingerprint density at radius 1 is 1.22 bits per heavy atom. The van der Waals surface area contributed by atoms with Crippen molar-refractivity contribution in [3.8, 4) is 0 Å². The van der Waals surface area contributed by atoms with Gasteiger partial charge in [0.05, 0.1) is 22.9 Å². The molecule has 1 aromatic rings. The maximum Gasteiger partial charge on any atom is 0.243 e. The smallest absolute Gasteiger partial charge is 0.243 e. The number of carbonyl (C=O) groups is 2. The average Bonchev–Trinajstić information content (AvgIpc) is 2.97. The monoisotopic (exact) mass is 337 g/mol. The molecule has 5 nitrogen and oxygen atoms in total. The third-order valence-corrected chi connectivity index (χ3v) is 4.41. The van der Waals surface area contributed by atoms with Gasteiger partial charge >= 0.3 is 0 Å². The SMILES string of the molecule is CN(C)c1c(Cl)cccc1NC(=O)CNC(=O)CC1CCCC1. The van der Waals surface area contributed by atoms with Gasteiger partial charge in [0.25, 0.3) is 0 Å². The lowest BCUT2D eigenvalue weighted by Crippen LogP contribution is -2.33. The lowest BCUT2D eigenvalue weighted by Gasteiger charge is -2.19. The second-order valence-corrected chi connectivity index (χ2v) is 6.62. The molecular weight excluding hydrogens is 314 g/mol. The molecule has 0 heterocycles. The van der Waals surface area contributed by atoms with Crippen molar-refractivity contribution >= 4 is 34.8 Å². The Kier molecular flexibility index (Phi) is 6.28. The number of benzene rings is 1. The fraction of sp³-hybridized carbons (Fsp3) is 0.529. The summed E-state index contributed by atoms with van der Waals surface area (Å²) in [6, 6.07) is 5.35. The fourth-order valence-corrected chi connectivity index (χ4v) is 3.34. The van der Waals surface area contributed by atoms with Gasteiger partial charge in [-0.3, -0.25) is 9.59 Å². The van der Waals surface area contributed by atoms with Crippen molar-refractivity contribution in [2.45, 2.75) is 32.1 Å². The van der Waals surface area contributed by atoms with Gasteiger partial charge in [0.1, 0.15) is 0 Å². The number of amides is 2. The van der Waals surface area contributed by atoms with Gasteiger partial charge in [-0.25, -0.2) is 0 Å². The highest BCUT2D eigenvalue weighted by atomic mass is 35.5. The maximum atomic E-state index is 12.1. The largest absolute Gasteiger partial charge is 0.375 e.